The Labute approximate surface area is 791 Å². The first-order chi connectivity index (χ1) is 62.3. The van der Waals surface area contributed by atoms with Crippen LogP contribution in [0.1, 0.15) is 158 Å². The SMILES string of the molecule is Cc1cc(F)c(N)c(OC[C@H](NC(=O)OC(C)(C)C)C(=O)O)c1.Cc1ccc(N)c(OC[C@H](NC(=O)OC(C)(C)C)C(=O)O)c1.Cc1ccc(OC[C@H](NC(=O)OC(C)(C)C)C(=O)O)c(N)c1.Cc1ccc(OC[C@H](NC(=O)OC(C)(C)C)C(=O)O)c(N)c1.Cc1cccc(N)c1OC[C@H](NC(=O)OC(C)(C)C)C(=O)O.Cc1cccc(OC[C@H](NC(=O)OC(C)(C)C)C(=O)O)c1N.O=S=O. The maximum absolute atomic E-state index is 13.5. The van der Waals surface area contributed by atoms with Gasteiger partial charge in [0.05, 0.1) is 28.4 Å². The van der Waals surface area contributed by atoms with Gasteiger partial charge in [-0.2, -0.15) is 8.42 Å². The Hall–Kier alpha value is -14.9. The maximum atomic E-state index is 13.5. The third kappa shape index (κ3) is 53.6. The van der Waals surface area contributed by atoms with Crippen molar-refractivity contribution >= 4 is 118 Å². The highest BCUT2D eigenvalue weighted by atomic mass is 32.1. The molecule has 0 fully saturated rings. The van der Waals surface area contributed by atoms with E-state index < -0.39 is 166 Å². The summed E-state index contributed by atoms with van der Waals surface area (Å²) < 4.78 is 92.4. The number of ether oxygens (including phenoxy) is 12. The minimum Gasteiger partial charge on any atom is -0.489 e. The lowest BCUT2D eigenvalue weighted by molar-refractivity contribution is -0.141. The minimum absolute atomic E-state index is 0.0136. The zero-order valence-electron chi connectivity index (χ0n) is 80.6. The lowest BCUT2D eigenvalue weighted by Gasteiger charge is -2.22. The van der Waals surface area contributed by atoms with Gasteiger partial charge in [0.25, 0.3) is 0 Å². The summed E-state index contributed by atoms with van der Waals surface area (Å²) in [5.41, 5.74) is 37.0. The van der Waals surface area contributed by atoms with Gasteiger partial charge in [0.1, 0.15) is 119 Å². The average Bonchev–Trinajstić information content (AvgIpc) is 0.863. The first kappa shape index (κ1) is 121. The van der Waals surface area contributed by atoms with Crippen LogP contribution in [0.4, 0.5) is 67.3 Å². The monoisotopic (exact) mass is 1940 g/mol. The van der Waals surface area contributed by atoms with Crippen molar-refractivity contribution in [3.63, 3.8) is 0 Å². The number of hydrogen-bond acceptors (Lipinski definition) is 32. The van der Waals surface area contributed by atoms with E-state index in [1.165, 1.54) is 12.1 Å². The number of nitrogens with two attached hydrogens (primary N) is 6. The highest BCUT2D eigenvalue weighted by molar-refractivity contribution is 7.51. The van der Waals surface area contributed by atoms with Crippen molar-refractivity contribution in [3.05, 3.63) is 142 Å². The number of anilines is 6. The Morgan fingerprint density at radius 1 is 0.294 bits per heavy atom. The summed E-state index contributed by atoms with van der Waals surface area (Å²) in [4.78, 5) is 137. The van der Waals surface area contributed by atoms with Crippen molar-refractivity contribution in [1.29, 1.82) is 0 Å². The summed E-state index contributed by atoms with van der Waals surface area (Å²) in [5, 5.41) is 68.2. The predicted octanol–water partition coefficient (Wildman–Crippen LogP) is 11.1. The van der Waals surface area contributed by atoms with Crippen LogP contribution in [0.3, 0.4) is 0 Å². The fourth-order valence-corrected chi connectivity index (χ4v) is 9.64. The second-order valence-electron chi connectivity index (χ2n) is 35.4. The number of nitrogen functional groups attached to an aromatic ring is 6. The second kappa shape index (κ2) is 56.2. The average molecular weight is 1940 g/mol. The molecule has 0 unspecified atom stereocenters. The van der Waals surface area contributed by atoms with Crippen LogP contribution in [0, 0.1) is 47.4 Å². The number of para-hydroxylation sites is 2. The van der Waals surface area contributed by atoms with E-state index in [0.717, 1.165) is 27.8 Å². The first-order valence-corrected chi connectivity index (χ1v) is 41.9. The Morgan fingerprint density at radius 2 is 0.544 bits per heavy atom. The molecule has 136 heavy (non-hydrogen) atoms. The van der Waals surface area contributed by atoms with Gasteiger partial charge in [-0.1, -0.05) is 42.5 Å². The number of halogens is 1. The summed E-state index contributed by atoms with van der Waals surface area (Å²) >= 11 is -0.750. The molecule has 6 rings (SSSR count). The van der Waals surface area contributed by atoms with Crippen molar-refractivity contribution in [3.8, 4) is 34.5 Å². The van der Waals surface area contributed by atoms with E-state index in [1.807, 2.05) is 39.8 Å². The second-order valence-corrected chi connectivity index (χ2v) is 35.6. The van der Waals surface area contributed by atoms with Gasteiger partial charge in [0.2, 0.25) is 0 Å². The van der Waals surface area contributed by atoms with Crippen LogP contribution >= 0.6 is 0 Å². The van der Waals surface area contributed by atoms with Crippen LogP contribution < -0.4 is 94.7 Å². The summed E-state index contributed by atoms with van der Waals surface area (Å²) in [5.74, 6) is -6.21. The van der Waals surface area contributed by atoms with Gasteiger partial charge in [-0.15, -0.1) is 0 Å². The topological polar surface area (TPSA) is 699 Å². The number of carbonyl (C=O) groups is 12. The van der Waals surface area contributed by atoms with E-state index in [1.54, 1.807) is 217 Å². The molecule has 0 radical (unpaired) electrons. The van der Waals surface area contributed by atoms with Crippen molar-refractivity contribution in [2.24, 2.45) is 0 Å². The summed E-state index contributed by atoms with van der Waals surface area (Å²) in [6.07, 6.45) is -4.99. The number of nitrogens with one attached hydrogen (secondary N) is 6. The van der Waals surface area contributed by atoms with Crippen LogP contribution in [0.2, 0.25) is 0 Å². The number of carboxylic acid groups (broad SMARTS) is 6. The van der Waals surface area contributed by atoms with Crippen LogP contribution in [0.5, 0.6) is 34.5 Å². The van der Waals surface area contributed by atoms with Gasteiger partial charge in [-0.3, -0.25) is 0 Å². The number of aryl methyl sites for hydroxylation is 6. The molecule has 0 aliphatic heterocycles. The Morgan fingerprint density at radius 3 is 0.831 bits per heavy atom. The number of benzene rings is 6. The molecule has 6 amide bonds. The Bertz CT molecular complexity index is 4870. The van der Waals surface area contributed by atoms with E-state index in [9.17, 15) is 61.9 Å². The Balaban J connectivity index is 0.00000160. The molecule has 6 aromatic carbocycles. The molecular weight excluding hydrogens is 1810 g/mol. The molecule has 756 valence electrons. The smallest absolute Gasteiger partial charge is 0.408 e. The fraction of sp³-hybridized carbons (Fsp3) is 0.467. The van der Waals surface area contributed by atoms with Crippen molar-refractivity contribution in [1.82, 2.24) is 31.9 Å². The van der Waals surface area contributed by atoms with Gasteiger partial charge in [0.15, 0.2) is 36.3 Å². The molecule has 0 aliphatic rings. The molecule has 0 spiro atoms. The molecule has 44 nitrogen and oxygen atoms in total. The van der Waals surface area contributed by atoms with Gasteiger partial charge >= 0.3 is 83.9 Å². The van der Waals surface area contributed by atoms with Gasteiger partial charge in [0, 0.05) is 0 Å². The van der Waals surface area contributed by atoms with E-state index in [0.29, 0.717) is 62.7 Å². The van der Waals surface area contributed by atoms with Gasteiger partial charge < -0.3 is 154 Å². The normalized spacial score (nSPS) is 12.2. The van der Waals surface area contributed by atoms with Crippen LogP contribution in [-0.4, -0.2) is 221 Å². The number of amides is 6. The lowest BCUT2D eigenvalue weighted by atomic mass is 10.2. The number of carbonyl (C=O) groups excluding carboxylic acids is 6. The van der Waals surface area contributed by atoms with Crippen molar-refractivity contribution in [2.45, 2.75) is 236 Å². The largest absolute Gasteiger partial charge is 0.489 e. The van der Waals surface area contributed by atoms with E-state index in [2.05, 4.69) is 31.9 Å². The molecule has 6 aromatic rings. The van der Waals surface area contributed by atoms with Gasteiger partial charge in [-0.25, -0.2) is 61.9 Å². The third-order valence-corrected chi connectivity index (χ3v) is 15.6. The van der Waals surface area contributed by atoms with E-state index in [4.69, 9.17) is 130 Å². The predicted molar refractivity (Wildman–Crippen MR) is 500 cm³/mol. The number of carboxylic acids is 6. The summed E-state index contributed by atoms with van der Waals surface area (Å²) in [6.45, 7) is 39.4. The first-order valence-electron chi connectivity index (χ1n) is 41.2. The van der Waals surface area contributed by atoms with Crippen molar-refractivity contribution in [2.75, 3.05) is 74.0 Å². The molecular formula is C90H131FN12O32S. The molecule has 0 aromatic heterocycles. The minimum atomic E-state index is -1.37. The molecule has 0 aliphatic carbocycles. The molecule has 24 N–H and O–H groups in total. The molecule has 0 heterocycles. The number of rotatable bonds is 30. The van der Waals surface area contributed by atoms with Crippen LogP contribution in [0.15, 0.2) is 103 Å². The zero-order valence-corrected chi connectivity index (χ0v) is 81.4. The summed E-state index contributed by atoms with van der Waals surface area (Å²) in [6, 6.07) is 21.0. The van der Waals surface area contributed by atoms with Crippen LogP contribution in [-0.2, 0) is 68.8 Å². The molecule has 0 saturated carbocycles. The molecule has 46 heteroatoms. The molecule has 6 atom stereocenters. The number of alkyl carbamates (subject to hydrolysis) is 6. The van der Waals surface area contributed by atoms with Gasteiger partial charge in [-0.05, 0) is 260 Å². The third-order valence-electron chi connectivity index (χ3n) is 15.6. The summed E-state index contributed by atoms with van der Waals surface area (Å²) in [7, 11) is 0. The number of aliphatic carboxylic acids is 6. The molecule has 0 bridgehead atoms. The highest BCUT2D eigenvalue weighted by Crippen LogP contribution is 2.30. The standard InChI is InChI=1S/C15H21FN2O5.5C15H22N2O5.O2S/c1-8-5-9(16)12(17)11(6-8)22-7-10(13(19)20)18-14(21)23-15(2,3)4;2*1-9-5-6-12(10(16)7-9)21-8-11(13(18)19)17-14(20)22-15(2,3)4;1-9-5-6-10(16)12(7-9)21-8-11(13(18)19)17-14(20)22-15(2,3)4;1-9-6-5-7-11(12(9)16)21-8-10(13(18)19)17-14(20)22-15(2,3)4;1-9-6-5-7-10(16)12(9)21-8-11(13(18)19)17-14(20)22-15(2,3)4;1-3-2/h5-6,10H,7,17H2,1-4H3,(H,18,21)(H,19,20);3*5-7,11H,8,16H2,1-4H3,(H,17,20)(H,18,19);5-7,10H,8,16H2,1-4H3,(H,17,20)(H,18,19);5-7,11H,8,16H2,1-4H3,(H,17,20)(H,18,19);/t10-;3*11-;10-;11-;/m000000./s1. The highest BCUT2D eigenvalue weighted by Gasteiger charge is 2.32. The van der Waals surface area contributed by atoms with Crippen LogP contribution in [0.25, 0.3) is 0 Å². The molecule has 0 saturated heterocycles. The van der Waals surface area contributed by atoms with Crippen molar-refractivity contribution < 1.29 is 158 Å². The van der Waals surface area contributed by atoms with E-state index >= 15 is 0 Å². The lowest BCUT2D eigenvalue weighted by Crippen LogP contribution is -2.46. The fourth-order valence-electron chi connectivity index (χ4n) is 9.64. The Kier molecular flexibility index (Phi) is 50.1. The number of hydrogen-bond donors (Lipinski definition) is 18. The quantitative estimate of drug-likeness (QED) is 0.0147. The maximum Gasteiger partial charge on any atom is 0.408 e. The zero-order chi connectivity index (χ0) is 105. The van der Waals surface area contributed by atoms with E-state index in [-0.39, 0.29) is 44.5 Å².